The highest BCUT2D eigenvalue weighted by Crippen LogP contribution is 2.32. The van der Waals surface area contributed by atoms with E-state index in [0.717, 1.165) is 25.0 Å². The average Bonchev–Trinajstić information content (AvgIpc) is 3.39. The second-order valence-corrected chi connectivity index (χ2v) is 6.26. The number of H-pyrrole nitrogens is 1. The maximum absolute atomic E-state index is 14.1. The van der Waals surface area contributed by atoms with Crippen molar-refractivity contribution >= 4 is 34.6 Å². The standard InChI is InChI=1S/C19H14F3N3O/c20-13-5-1-10(7-14(13)21)2-6-16-12-8-18(23-19(26)11-3-4-11)15(22)9-17(12)25-24-16/h1-2,5-9,11H,3-4H2,(H,23,26)(H,24,25). The van der Waals surface area contributed by atoms with Crippen LogP contribution in [0.15, 0.2) is 30.3 Å². The smallest absolute Gasteiger partial charge is 0.227 e. The van der Waals surface area contributed by atoms with Crippen LogP contribution in [0.3, 0.4) is 0 Å². The number of rotatable bonds is 4. The van der Waals surface area contributed by atoms with E-state index in [-0.39, 0.29) is 17.5 Å². The second-order valence-electron chi connectivity index (χ2n) is 6.26. The molecule has 0 radical (unpaired) electrons. The number of carbonyl (C=O) groups excluding carboxylic acids is 1. The van der Waals surface area contributed by atoms with Crippen LogP contribution >= 0.6 is 0 Å². The molecule has 7 heteroatoms. The minimum Gasteiger partial charge on any atom is -0.323 e. The van der Waals surface area contributed by atoms with Crippen LogP contribution < -0.4 is 5.32 Å². The van der Waals surface area contributed by atoms with Crippen molar-refractivity contribution < 1.29 is 18.0 Å². The van der Waals surface area contributed by atoms with Crippen LogP contribution in [0.25, 0.3) is 23.1 Å². The summed E-state index contributed by atoms with van der Waals surface area (Å²) in [5.74, 6) is -2.64. The number of fused-ring (bicyclic) bond motifs is 1. The summed E-state index contributed by atoms with van der Waals surface area (Å²) in [4.78, 5) is 11.9. The van der Waals surface area contributed by atoms with Crippen molar-refractivity contribution in [2.45, 2.75) is 12.8 Å². The number of benzene rings is 2. The first-order valence-electron chi connectivity index (χ1n) is 8.13. The lowest BCUT2D eigenvalue weighted by molar-refractivity contribution is -0.117. The third kappa shape index (κ3) is 3.20. The summed E-state index contributed by atoms with van der Waals surface area (Å²) in [7, 11) is 0. The molecule has 1 heterocycles. The molecule has 0 bridgehead atoms. The van der Waals surface area contributed by atoms with E-state index in [9.17, 15) is 18.0 Å². The zero-order valence-corrected chi connectivity index (χ0v) is 13.5. The Morgan fingerprint density at radius 3 is 2.62 bits per heavy atom. The van der Waals surface area contributed by atoms with Gasteiger partial charge in [-0.15, -0.1) is 0 Å². The Morgan fingerprint density at radius 1 is 1.08 bits per heavy atom. The predicted octanol–water partition coefficient (Wildman–Crippen LogP) is 4.50. The van der Waals surface area contributed by atoms with Gasteiger partial charge in [0.05, 0.1) is 16.9 Å². The number of anilines is 1. The van der Waals surface area contributed by atoms with Gasteiger partial charge in [0.25, 0.3) is 0 Å². The zero-order chi connectivity index (χ0) is 18.3. The largest absolute Gasteiger partial charge is 0.323 e. The molecule has 0 spiro atoms. The summed E-state index contributed by atoms with van der Waals surface area (Å²) in [6, 6.07) is 6.32. The number of aromatic amines is 1. The molecule has 4 nitrogen and oxygen atoms in total. The Bertz CT molecular complexity index is 1040. The van der Waals surface area contributed by atoms with Crippen molar-refractivity contribution in [2.24, 2.45) is 5.92 Å². The quantitative estimate of drug-likeness (QED) is 0.722. The topological polar surface area (TPSA) is 57.8 Å². The molecule has 1 amide bonds. The first-order valence-corrected chi connectivity index (χ1v) is 8.13. The van der Waals surface area contributed by atoms with Crippen LogP contribution in [0.5, 0.6) is 0 Å². The second kappa shape index (κ2) is 6.33. The normalized spacial score (nSPS) is 14.3. The van der Waals surface area contributed by atoms with Crippen molar-refractivity contribution in [1.82, 2.24) is 10.2 Å². The molecular weight excluding hydrogens is 343 g/mol. The lowest BCUT2D eigenvalue weighted by Crippen LogP contribution is -2.14. The lowest BCUT2D eigenvalue weighted by Gasteiger charge is -2.06. The van der Waals surface area contributed by atoms with Gasteiger partial charge < -0.3 is 5.32 Å². The molecule has 0 unspecified atom stereocenters. The number of nitrogens with one attached hydrogen (secondary N) is 2. The fourth-order valence-corrected chi connectivity index (χ4v) is 2.65. The predicted molar refractivity (Wildman–Crippen MR) is 92.7 cm³/mol. The molecule has 3 aromatic rings. The average molecular weight is 357 g/mol. The van der Waals surface area contributed by atoms with Gasteiger partial charge in [0.2, 0.25) is 5.91 Å². The van der Waals surface area contributed by atoms with Crippen molar-refractivity contribution in [1.29, 1.82) is 0 Å². The molecule has 26 heavy (non-hydrogen) atoms. The van der Waals surface area contributed by atoms with E-state index in [1.165, 1.54) is 18.2 Å². The van der Waals surface area contributed by atoms with E-state index in [1.54, 1.807) is 12.2 Å². The maximum Gasteiger partial charge on any atom is 0.227 e. The Kier molecular flexibility index (Phi) is 3.99. The molecule has 1 fully saturated rings. The van der Waals surface area contributed by atoms with Crippen LogP contribution in [0, 0.1) is 23.4 Å². The highest BCUT2D eigenvalue weighted by molar-refractivity contribution is 5.98. The van der Waals surface area contributed by atoms with Gasteiger partial charge in [0.1, 0.15) is 5.82 Å². The fourth-order valence-electron chi connectivity index (χ4n) is 2.65. The Morgan fingerprint density at radius 2 is 1.88 bits per heavy atom. The van der Waals surface area contributed by atoms with Crippen LogP contribution in [0.4, 0.5) is 18.9 Å². The molecular formula is C19H14F3N3O. The van der Waals surface area contributed by atoms with Gasteiger partial charge in [-0.25, -0.2) is 13.2 Å². The highest BCUT2D eigenvalue weighted by Gasteiger charge is 2.30. The van der Waals surface area contributed by atoms with Crippen molar-refractivity contribution in [3.8, 4) is 0 Å². The Hall–Kier alpha value is -3.09. The summed E-state index contributed by atoms with van der Waals surface area (Å²) in [6.45, 7) is 0. The summed E-state index contributed by atoms with van der Waals surface area (Å²) < 4.78 is 40.4. The van der Waals surface area contributed by atoms with Gasteiger partial charge in [-0.2, -0.15) is 5.10 Å². The number of aromatic nitrogens is 2. The van der Waals surface area contributed by atoms with Gasteiger partial charge in [-0.05, 0) is 42.7 Å². The highest BCUT2D eigenvalue weighted by atomic mass is 19.2. The molecule has 1 aliphatic rings. The van der Waals surface area contributed by atoms with Gasteiger partial charge in [0, 0.05) is 17.4 Å². The minimum atomic E-state index is -0.939. The van der Waals surface area contributed by atoms with Crippen LogP contribution in [-0.2, 0) is 4.79 Å². The van der Waals surface area contributed by atoms with Gasteiger partial charge in [0.15, 0.2) is 11.6 Å². The molecule has 0 aliphatic heterocycles. The van der Waals surface area contributed by atoms with Crippen molar-refractivity contribution in [3.63, 3.8) is 0 Å². The summed E-state index contributed by atoms with van der Waals surface area (Å²) in [5.41, 5.74) is 1.52. The van der Waals surface area contributed by atoms with Crippen LogP contribution in [0.1, 0.15) is 24.1 Å². The number of nitrogens with zero attached hydrogens (tertiary/aromatic N) is 1. The van der Waals surface area contributed by atoms with E-state index >= 15 is 0 Å². The fraction of sp³-hybridized carbons (Fsp3) is 0.158. The molecule has 1 aliphatic carbocycles. The number of hydrogen-bond acceptors (Lipinski definition) is 2. The number of halogens is 3. The van der Waals surface area contributed by atoms with E-state index in [1.807, 2.05) is 0 Å². The van der Waals surface area contributed by atoms with E-state index < -0.39 is 17.5 Å². The van der Waals surface area contributed by atoms with Crippen molar-refractivity contribution in [3.05, 3.63) is 59.0 Å². The van der Waals surface area contributed by atoms with Crippen molar-refractivity contribution in [2.75, 3.05) is 5.32 Å². The first-order chi connectivity index (χ1) is 12.5. The SMILES string of the molecule is O=C(Nc1cc2c(C=Cc3ccc(F)c(F)c3)n[nH]c2cc1F)C1CC1. The van der Waals surface area contributed by atoms with Crippen LogP contribution in [0.2, 0.25) is 0 Å². The summed E-state index contributed by atoms with van der Waals surface area (Å²) >= 11 is 0. The van der Waals surface area contributed by atoms with E-state index in [4.69, 9.17) is 0 Å². The molecule has 132 valence electrons. The van der Waals surface area contributed by atoms with Gasteiger partial charge in [-0.3, -0.25) is 9.89 Å². The third-order valence-electron chi connectivity index (χ3n) is 4.26. The molecule has 0 saturated heterocycles. The van der Waals surface area contributed by atoms with Gasteiger partial charge in [-0.1, -0.05) is 12.1 Å². The molecule has 1 saturated carbocycles. The van der Waals surface area contributed by atoms with Gasteiger partial charge >= 0.3 is 0 Å². The maximum atomic E-state index is 14.1. The number of amides is 1. The molecule has 2 N–H and O–H groups in total. The summed E-state index contributed by atoms with van der Waals surface area (Å²) in [5, 5.41) is 10.0. The zero-order valence-electron chi connectivity index (χ0n) is 13.5. The molecule has 1 aromatic heterocycles. The lowest BCUT2D eigenvalue weighted by atomic mass is 10.1. The van der Waals surface area contributed by atoms with E-state index in [2.05, 4.69) is 15.5 Å². The Balaban J connectivity index is 1.65. The monoisotopic (exact) mass is 357 g/mol. The number of hydrogen-bond donors (Lipinski definition) is 2. The molecule has 0 atom stereocenters. The van der Waals surface area contributed by atoms with Crippen LogP contribution in [-0.4, -0.2) is 16.1 Å². The third-order valence-corrected chi connectivity index (χ3v) is 4.26. The molecule has 4 rings (SSSR count). The number of carbonyl (C=O) groups is 1. The Labute approximate surface area is 146 Å². The summed E-state index contributed by atoms with van der Waals surface area (Å²) in [6.07, 6.45) is 4.83. The van der Waals surface area contributed by atoms with E-state index in [0.29, 0.717) is 22.2 Å². The molecule has 2 aromatic carbocycles. The first kappa shape index (κ1) is 16.4. The minimum absolute atomic E-state index is 0.0396.